The maximum Gasteiger partial charge on any atom is 0.271 e. The third-order valence-corrected chi connectivity index (χ3v) is 6.68. The van der Waals surface area contributed by atoms with Gasteiger partial charge in [-0.25, -0.2) is 8.42 Å². The van der Waals surface area contributed by atoms with Crippen LogP contribution in [0.1, 0.15) is 31.4 Å². The Labute approximate surface area is 206 Å². The maximum atomic E-state index is 13.5. The molecule has 0 aliphatic heterocycles. The predicted molar refractivity (Wildman–Crippen MR) is 135 cm³/mol. The van der Waals surface area contributed by atoms with Gasteiger partial charge >= 0.3 is 0 Å². The lowest BCUT2D eigenvalue weighted by atomic mass is 10.1. The molecule has 1 N–H and O–H groups in total. The Hall–Kier alpha value is -3.47. The van der Waals surface area contributed by atoms with Gasteiger partial charge in [0, 0.05) is 25.2 Å². The van der Waals surface area contributed by atoms with Crippen LogP contribution in [0.25, 0.3) is 0 Å². The lowest BCUT2D eigenvalue weighted by Gasteiger charge is -2.31. The average Bonchev–Trinajstić information content (AvgIpc) is 2.81. The number of nitrogens with one attached hydrogen (secondary N) is 1. The minimum atomic E-state index is -3.98. The predicted octanol–water partition coefficient (Wildman–Crippen LogP) is 2.66. The molecule has 2 rings (SSSR count). The first-order valence-electron chi connectivity index (χ1n) is 11.3. The van der Waals surface area contributed by atoms with Gasteiger partial charge in [-0.3, -0.25) is 24.0 Å². The third-order valence-electron chi connectivity index (χ3n) is 5.55. The summed E-state index contributed by atoms with van der Waals surface area (Å²) >= 11 is 0. The van der Waals surface area contributed by atoms with Crippen molar-refractivity contribution in [3.05, 3.63) is 69.8 Å². The highest BCUT2D eigenvalue weighted by molar-refractivity contribution is 7.92. The first-order valence-corrected chi connectivity index (χ1v) is 13.1. The Kier molecular flexibility index (Phi) is 9.76. The third kappa shape index (κ3) is 7.78. The summed E-state index contributed by atoms with van der Waals surface area (Å²) in [5.74, 6) is -0.929. The van der Waals surface area contributed by atoms with Crippen LogP contribution in [0.15, 0.2) is 48.5 Å². The van der Waals surface area contributed by atoms with Crippen molar-refractivity contribution in [2.75, 3.05) is 30.2 Å². The van der Waals surface area contributed by atoms with Gasteiger partial charge in [-0.05, 0) is 37.8 Å². The highest BCUT2D eigenvalue weighted by atomic mass is 32.2. The van der Waals surface area contributed by atoms with E-state index < -0.39 is 33.4 Å². The molecule has 0 saturated carbocycles. The molecule has 0 radical (unpaired) electrons. The van der Waals surface area contributed by atoms with Crippen LogP contribution in [0.2, 0.25) is 0 Å². The standard InChI is InChI=1S/C24H32N4O6S/c1-5-14-25-24(30)19(3)26(15-13-20-9-7-6-8-10-20)23(29)17-27(35(4,33)34)22-16-21(28(31)32)12-11-18(22)2/h6-12,16,19H,5,13-15,17H2,1-4H3,(H,25,30)/t19-/m1/s1. The number of anilines is 1. The Morgan fingerprint density at radius 1 is 1.14 bits per heavy atom. The summed E-state index contributed by atoms with van der Waals surface area (Å²) in [7, 11) is -3.98. The van der Waals surface area contributed by atoms with E-state index >= 15 is 0 Å². The number of nitrogens with zero attached hydrogens (tertiary/aromatic N) is 3. The summed E-state index contributed by atoms with van der Waals surface area (Å²) in [6.07, 6.45) is 2.13. The van der Waals surface area contributed by atoms with Crippen molar-refractivity contribution in [3.63, 3.8) is 0 Å². The normalized spacial score (nSPS) is 12.0. The Morgan fingerprint density at radius 2 is 1.80 bits per heavy atom. The Balaban J connectivity index is 2.39. The molecule has 2 amide bonds. The molecule has 2 aromatic rings. The van der Waals surface area contributed by atoms with Crippen molar-refractivity contribution in [2.24, 2.45) is 0 Å². The highest BCUT2D eigenvalue weighted by Crippen LogP contribution is 2.27. The molecule has 35 heavy (non-hydrogen) atoms. The van der Waals surface area contributed by atoms with Crippen LogP contribution in [0.3, 0.4) is 0 Å². The fraction of sp³-hybridized carbons (Fsp3) is 0.417. The smallest absolute Gasteiger partial charge is 0.271 e. The van der Waals surface area contributed by atoms with E-state index in [9.17, 15) is 28.1 Å². The van der Waals surface area contributed by atoms with Crippen LogP contribution in [0.4, 0.5) is 11.4 Å². The van der Waals surface area contributed by atoms with Gasteiger partial charge in [0.25, 0.3) is 5.69 Å². The quantitative estimate of drug-likeness (QED) is 0.349. The van der Waals surface area contributed by atoms with Crippen molar-refractivity contribution in [1.82, 2.24) is 10.2 Å². The van der Waals surface area contributed by atoms with Crippen LogP contribution in [0, 0.1) is 17.0 Å². The first kappa shape index (κ1) is 27.8. The summed E-state index contributed by atoms with van der Waals surface area (Å²) in [6, 6.07) is 12.4. The molecule has 0 saturated heterocycles. The minimum Gasteiger partial charge on any atom is -0.354 e. The zero-order valence-corrected chi connectivity index (χ0v) is 21.2. The molecular weight excluding hydrogens is 472 g/mol. The summed E-state index contributed by atoms with van der Waals surface area (Å²) < 4.78 is 26.2. The van der Waals surface area contributed by atoms with E-state index in [1.807, 2.05) is 37.3 Å². The van der Waals surface area contributed by atoms with Gasteiger partial charge in [-0.2, -0.15) is 0 Å². The first-order chi connectivity index (χ1) is 16.5. The molecule has 190 valence electrons. The second kappa shape index (κ2) is 12.3. The molecule has 0 aliphatic rings. The summed E-state index contributed by atoms with van der Waals surface area (Å²) in [6.45, 7) is 5.16. The summed E-state index contributed by atoms with van der Waals surface area (Å²) in [4.78, 5) is 38.1. The van der Waals surface area contributed by atoms with E-state index in [-0.39, 0.29) is 23.8 Å². The molecule has 1 atom stereocenters. The zero-order chi connectivity index (χ0) is 26.2. The van der Waals surface area contributed by atoms with Crippen LogP contribution in [0.5, 0.6) is 0 Å². The zero-order valence-electron chi connectivity index (χ0n) is 20.4. The van der Waals surface area contributed by atoms with E-state index in [0.29, 0.717) is 18.5 Å². The van der Waals surface area contributed by atoms with Gasteiger partial charge in [0.1, 0.15) is 12.6 Å². The minimum absolute atomic E-state index is 0.0427. The van der Waals surface area contributed by atoms with Gasteiger partial charge in [0.05, 0.1) is 16.9 Å². The molecule has 11 heteroatoms. The van der Waals surface area contributed by atoms with E-state index in [0.717, 1.165) is 28.6 Å². The molecule has 0 aromatic heterocycles. The topological polar surface area (TPSA) is 130 Å². The molecule has 10 nitrogen and oxygen atoms in total. The van der Waals surface area contributed by atoms with E-state index in [2.05, 4.69) is 5.32 Å². The average molecular weight is 505 g/mol. The number of sulfonamides is 1. The lowest BCUT2D eigenvalue weighted by molar-refractivity contribution is -0.384. The number of benzene rings is 2. The fourth-order valence-electron chi connectivity index (χ4n) is 3.54. The van der Waals surface area contributed by atoms with Crippen molar-refractivity contribution in [3.8, 4) is 0 Å². The molecule has 0 fully saturated rings. The van der Waals surface area contributed by atoms with E-state index in [4.69, 9.17) is 0 Å². The van der Waals surface area contributed by atoms with Crippen LogP contribution >= 0.6 is 0 Å². The molecular formula is C24H32N4O6S. The highest BCUT2D eigenvalue weighted by Gasteiger charge is 2.30. The lowest BCUT2D eigenvalue weighted by Crippen LogP contribution is -2.52. The van der Waals surface area contributed by atoms with Crippen molar-refractivity contribution in [1.29, 1.82) is 0 Å². The summed E-state index contributed by atoms with van der Waals surface area (Å²) in [5, 5.41) is 14.0. The number of nitro groups is 1. The summed E-state index contributed by atoms with van der Waals surface area (Å²) in [5.41, 5.74) is 1.17. The monoisotopic (exact) mass is 504 g/mol. The molecule has 0 unspecified atom stereocenters. The number of amides is 2. The number of hydrogen-bond acceptors (Lipinski definition) is 6. The number of hydrogen-bond donors (Lipinski definition) is 1. The van der Waals surface area contributed by atoms with Crippen molar-refractivity contribution >= 4 is 33.2 Å². The van der Waals surface area contributed by atoms with Crippen LogP contribution in [-0.4, -0.2) is 62.0 Å². The molecule has 0 aliphatic carbocycles. The number of non-ortho nitro benzene ring substituents is 1. The number of carbonyl (C=O) groups is 2. The molecule has 0 heterocycles. The maximum absolute atomic E-state index is 13.5. The van der Waals surface area contributed by atoms with Gasteiger partial charge < -0.3 is 10.2 Å². The Bertz CT molecular complexity index is 1150. The van der Waals surface area contributed by atoms with Crippen LogP contribution in [-0.2, 0) is 26.0 Å². The number of carbonyl (C=O) groups excluding carboxylic acids is 2. The van der Waals surface area contributed by atoms with E-state index in [1.165, 1.54) is 17.0 Å². The second-order valence-corrected chi connectivity index (χ2v) is 10.2. The SMILES string of the molecule is CCCNC(=O)[C@@H](C)N(CCc1ccccc1)C(=O)CN(c1cc([N+](=O)[O-])ccc1C)S(C)(=O)=O. The molecule has 2 aromatic carbocycles. The fourth-order valence-corrected chi connectivity index (χ4v) is 4.44. The van der Waals surface area contributed by atoms with Gasteiger partial charge in [-0.1, -0.05) is 43.3 Å². The molecule has 0 spiro atoms. The number of nitro benzene ring substituents is 1. The van der Waals surface area contributed by atoms with Gasteiger partial charge in [0.15, 0.2) is 0 Å². The largest absolute Gasteiger partial charge is 0.354 e. The Morgan fingerprint density at radius 3 is 2.37 bits per heavy atom. The molecule has 0 bridgehead atoms. The van der Waals surface area contributed by atoms with Gasteiger partial charge in [0.2, 0.25) is 21.8 Å². The van der Waals surface area contributed by atoms with E-state index in [1.54, 1.807) is 13.8 Å². The van der Waals surface area contributed by atoms with Crippen LogP contribution < -0.4 is 9.62 Å². The number of aryl methyl sites for hydroxylation is 1. The van der Waals surface area contributed by atoms with Gasteiger partial charge in [-0.15, -0.1) is 0 Å². The number of rotatable bonds is 12. The van der Waals surface area contributed by atoms with Crippen molar-refractivity contribution < 1.29 is 22.9 Å². The second-order valence-electron chi connectivity index (χ2n) is 8.29. The van der Waals surface area contributed by atoms with Crippen molar-refractivity contribution in [2.45, 2.75) is 39.7 Å².